The SMILES string of the molecule is Cc1cc(F)cc(C)c1Nn1c([C@H](C)NC(=O)OC(C)(C)C)nc2cccc(Cl)c2c1=O. The van der Waals surface area contributed by atoms with Crippen molar-refractivity contribution < 1.29 is 13.9 Å². The summed E-state index contributed by atoms with van der Waals surface area (Å²) in [4.78, 5) is 30.4. The summed E-state index contributed by atoms with van der Waals surface area (Å²) in [5.74, 6) is -0.142. The van der Waals surface area contributed by atoms with Gasteiger partial charge in [0.15, 0.2) is 5.82 Å². The van der Waals surface area contributed by atoms with Gasteiger partial charge in [-0.15, -0.1) is 0 Å². The highest BCUT2D eigenvalue weighted by Crippen LogP contribution is 2.24. The standard InChI is InChI=1S/C23H26ClFN4O3/c1-12-10-15(25)11-13(2)19(12)28-29-20(14(3)26-22(31)32-23(4,5)6)27-17-9-7-8-16(24)18(17)21(29)30/h7-11,14,28H,1-6H3,(H,26,31)/t14-/m0/s1. The maximum Gasteiger partial charge on any atom is 0.408 e. The van der Waals surface area contributed by atoms with Gasteiger partial charge in [0.2, 0.25) is 0 Å². The van der Waals surface area contributed by atoms with Crippen LogP contribution >= 0.6 is 11.6 Å². The molecule has 9 heteroatoms. The Kier molecular flexibility index (Phi) is 6.46. The molecule has 0 spiro atoms. The lowest BCUT2D eigenvalue weighted by Gasteiger charge is -2.24. The summed E-state index contributed by atoms with van der Waals surface area (Å²) in [7, 11) is 0. The molecule has 0 fully saturated rings. The second-order valence-corrected chi connectivity index (χ2v) is 9.05. The molecule has 3 aromatic rings. The molecule has 0 saturated heterocycles. The van der Waals surface area contributed by atoms with E-state index < -0.39 is 23.3 Å². The summed E-state index contributed by atoms with van der Waals surface area (Å²) in [6.07, 6.45) is -0.647. The number of carbonyl (C=O) groups excluding carboxylic acids is 1. The molecule has 0 bridgehead atoms. The molecular formula is C23H26ClFN4O3. The molecule has 1 aromatic heterocycles. The van der Waals surface area contributed by atoms with Crippen molar-refractivity contribution in [3.8, 4) is 0 Å². The van der Waals surface area contributed by atoms with Crippen LogP contribution in [0.2, 0.25) is 5.02 Å². The second-order valence-electron chi connectivity index (χ2n) is 8.64. The summed E-state index contributed by atoms with van der Waals surface area (Å²) in [5.41, 5.74) is 4.06. The molecule has 1 atom stereocenters. The summed E-state index contributed by atoms with van der Waals surface area (Å²) in [5, 5.41) is 3.19. The number of amides is 1. The first-order valence-electron chi connectivity index (χ1n) is 10.1. The highest BCUT2D eigenvalue weighted by Gasteiger charge is 2.23. The van der Waals surface area contributed by atoms with Crippen molar-refractivity contribution in [1.82, 2.24) is 15.0 Å². The van der Waals surface area contributed by atoms with Crippen LogP contribution in [0.15, 0.2) is 35.1 Å². The van der Waals surface area contributed by atoms with Crippen LogP contribution in [0.5, 0.6) is 0 Å². The Bertz CT molecular complexity index is 1230. The lowest BCUT2D eigenvalue weighted by molar-refractivity contribution is 0.0505. The van der Waals surface area contributed by atoms with Crippen LogP contribution in [0, 0.1) is 19.7 Å². The molecule has 3 rings (SSSR count). The lowest BCUT2D eigenvalue weighted by atomic mass is 10.1. The number of carbonyl (C=O) groups is 1. The number of halogens is 2. The number of ether oxygens (including phenoxy) is 1. The fraction of sp³-hybridized carbons (Fsp3) is 0.348. The van der Waals surface area contributed by atoms with Crippen LogP contribution in [-0.4, -0.2) is 21.4 Å². The predicted molar refractivity (Wildman–Crippen MR) is 124 cm³/mol. The number of alkyl carbamates (subject to hydrolysis) is 1. The quantitative estimate of drug-likeness (QED) is 0.554. The largest absolute Gasteiger partial charge is 0.444 e. The zero-order chi connectivity index (χ0) is 23.8. The Morgan fingerprint density at radius 2 is 1.84 bits per heavy atom. The Balaban J connectivity index is 2.15. The third kappa shape index (κ3) is 5.02. The van der Waals surface area contributed by atoms with Gasteiger partial charge in [-0.1, -0.05) is 17.7 Å². The number of anilines is 1. The molecule has 2 N–H and O–H groups in total. The lowest BCUT2D eigenvalue weighted by Crippen LogP contribution is -2.39. The summed E-state index contributed by atoms with van der Waals surface area (Å²) < 4.78 is 20.3. The average molecular weight is 461 g/mol. The minimum Gasteiger partial charge on any atom is -0.444 e. The number of nitrogens with one attached hydrogen (secondary N) is 2. The molecule has 0 aliphatic heterocycles. The molecule has 2 aromatic carbocycles. The molecule has 0 radical (unpaired) electrons. The highest BCUT2D eigenvalue weighted by molar-refractivity contribution is 6.35. The zero-order valence-corrected chi connectivity index (χ0v) is 19.6. The maximum absolute atomic E-state index is 13.8. The minimum atomic E-state index is -0.700. The number of rotatable bonds is 4. The van der Waals surface area contributed by atoms with Crippen LogP contribution in [0.3, 0.4) is 0 Å². The average Bonchev–Trinajstić information content (AvgIpc) is 2.64. The van der Waals surface area contributed by atoms with E-state index in [1.165, 1.54) is 16.8 Å². The van der Waals surface area contributed by atoms with Crippen molar-refractivity contribution in [1.29, 1.82) is 0 Å². The number of hydrogen-bond donors (Lipinski definition) is 2. The van der Waals surface area contributed by atoms with Gasteiger partial charge >= 0.3 is 6.09 Å². The number of benzene rings is 2. The van der Waals surface area contributed by atoms with E-state index in [1.807, 2.05) is 0 Å². The van der Waals surface area contributed by atoms with E-state index >= 15 is 0 Å². The molecule has 0 aliphatic rings. The number of nitrogens with zero attached hydrogens (tertiary/aromatic N) is 2. The molecule has 0 saturated carbocycles. The Labute approximate surface area is 190 Å². The normalized spacial score (nSPS) is 12.5. The van der Waals surface area contributed by atoms with E-state index in [1.54, 1.807) is 59.7 Å². The number of aromatic nitrogens is 2. The molecule has 7 nitrogen and oxygen atoms in total. The first-order chi connectivity index (χ1) is 14.9. The van der Waals surface area contributed by atoms with E-state index in [4.69, 9.17) is 16.3 Å². The second kappa shape index (κ2) is 8.78. The van der Waals surface area contributed by atoms with Gasteiger partial charge in [0.25, 0.3) is 5.56 Å². The number of fused-ring (bicyclic) bond motifs is 1. The van der Waals surface area contributed by atoms with Crippen LogP contribution in [0.4, 0.5) is 14.9 Å². The van der Waals surface area contributed by atoms with E-state index in [-0.39, 0.29) is 22.1 Å². The maximum atomic E-state index is 13.8. The zero-order valence-electron chi connectivity index (χ0n) is 18.8. The van der Waals surface area contributed by atoms with Crippen molar-refractivity contribution in [2.24, 2.45) is 0 Å². The summed E-state index contributed by atoms with van der Waals surface area (Å²) >= 11 is 6.29. The van der Waals surface area contributed by atoms with Crippen LogP contribution in [0.1, 0.15) is 50.7 Å². The van der Waals surface area contributed by atoms with Crippen LogP contribution < -0.4 is 16.3 Å². The van der Waals surface area contributed by atoms with Gasteiger partial charge in [-0.3, -0.25) is 10.2 Å². The van der Waals surface area contributed by atoms with E-state index in [9.17, 15) is 14.0 Å². The van der Waals surface area contributed by atoms with Gasteiger partial charge in [0, 0.05) is 0 Å². The Morgan fingerprint density at radius 1 is 1.22 bits per heavy atom. The molecule has 1 heterocycles. The molecule has 1 amide bonds. The van der Waals surface area contributed by atoms with Crippen molar-refractivity contribution >= 4 is 34.3 Å². The summed E-state index contributed by atoms with van der Waals surface area (Å²) in [6.45, 7) is 10.4. The number of aryl methyl sites for hydroxylation is 2. The predicted octanol–water partition coefficient (Wildman–Crippen LogP) is 5.27. The summed E-state index contributed by atoms with van der Waals surface area (Å²) in [6, 6.07) is 7.00. The highest BCUT2D eigenvalue weighted by atomic mass is 35.5. The molecule has 32 heavy (non-hydrogen) atoms. The van der Waals surface area contributed by atoms with Crippen molar-refractivity contribution in [2.75, 3.05) is 5.43 Å². The molecule has 0 aliphatic carbocycles. The van der Waals surface area contributed by atoms with Crippen molar-refractivity contribution in [3.63, 3.8) is 0 Å². The molecular weight excluding hydrogens is 435 g/mol. The third-order valence-electron chi connectivity index (χ3n) is 4.71. The van der Waals surface area contributed by atoms with Crippen molar-refractivity contribution in [2.45, 2.75) is 53.2 Å². The first-order valence-corrected chi connectivity index (χ1v) is 10.5. The fourth-order valence-electron chi connectivity index (χ4n) is 3.35. The topological polar surface area (TPSA) is 85.2 Å². The van der Waals surface area contributed by atoms with E-state index in [2.05, 4.69) is 15.7 Å². The monoisotopic (exact) mass is 460 g/mol. The van der Waals surface area contributed by atoms with E-state index in [0.717, 1.165) is 0 Å². The van der Waals surface area contributed by atoms with E-state index in [0.29, 0.717) is 22.3 Å². The molecule has 170 valence electrons. The van der Waals surface area contributed by atoms with Gasteiger partial charge in [-0.05, 0) is 76.9 Å². The first kappa shape index (κ1) is 23.5. The smallest absolute Gasteiger partial charge is 0.408 e. The van der Waals surface area contributed by atoms with Gasteiger partial charge < -0.3 is 10.1 Å². The van der Waals surface area contributed by atoms with Gasteiger partial charge in [-0.2, -0.15) is 0 Å². The van der Waals surface area contributed by atoms with Crippen molar-refractivity contribution in [3.05, 3.63) is 68.5 Å². The fourth-order valence-corrected chi connectivity index (χ4v) is 3.60. The molecule has 0 unspecified atom stereocenters. The van der Waals surface area contributed by atoms with Crippen LogP contribution in [0.25, 0.3) is 10.9 Å². The van der Waals surface area contributed by atoms with Gasteiger partial charge in [0.05, 0.1) is 27.7 Å². The third-order valence-corrected chi connectivity index (χ3v) is 5.03. The van der Waals surface area contributed by atoms with Gasteiger partial charge in [0.1, 0.15) is 11.4 Å². The Morgan fingerprint density at radius 3 is 2.44 bits per heavy atom. The Hall–Kier alpha value is -3.13. The number of hydrogen-bond acceptors (Lipinski definition) is 5. The van der Waals surface area contributed by atoms with Gasteiger partial charge in [-0.25, -0.2) is 18.8 Å². The minimum absolute atomic E-state index is 0.229. The van der Waals surface area contributed by atoms with Crippen LogP contribution in [-0.2, 0) is 4.74 Å².